The zero-order chi connectivity index (χ0) is 16.7. The number of hydrogen-bond donors (Lipinski definition) is 1. The smallest absolute Gasteiger partial charge is 0.427 e. The van der Waals surface area contributed by atoms with Crippen LogP contribution in [-0.4, -0.2) is 24.2 Å². The SMILES string of the molecule is N#CC1(CC(=O)N[C@@H]2Cc3ccccc3O[C@H]2C(F)(F)F)CC1. The summed E-state index contributed by atoms with van der Waals surface area (Å²) in [4.78, 5) is 12.0. The van der Waals surface area contributed by atoms with Crippen LogP contribution in [0, 0.1) is 16.7 Å². The molecule has 4 nitrogen and oxygen atoms in total. The molecule has 1 fully saturated rings. The van der Waals surface area contributed by atoms with Gasteiger partial charge in [-0.2, -0.15) is 18.4 Å². The lowest BCUT2D eigenvalue weighted by atomic mass is 9.95. The molecule has 0 bridgehead atoms. The standard InChI is InChI=1S/C16H15F3N2O2/c17-16(18,19)14-11(7-10-3-1-2-4-12(10)23-14)21-13(22)8-15(9-20)5-6-15/h1-4,11,14H,5-8H2,(H,21,22)/t11-,14-/m1/s1. The van der Waals surface area contributed by atoms with Crippen molar-refractivity contribution in [3.63, 3.8) is 0 Å². The van der Waals surface area contributed by atoms with Crippen molar-refractivity contribution in [2.45, 2.75) is 44.0 Å². The molecule has 3 rings (SSSR count). The number of nitrogens with zero attached hydrogens (tertiary/aromatic N) is 1. The summed E-state index contributed by atoms with van der Waals surface area (Å²) in [5.41, 5.74) is -0.0645. The second-order valence-electron chi connectivity index (χ2n) is 6.13. The highest BCUT2D eigenvalue weighted by Crippen LogP contribution is 2.48. The minimum atomic E-state index is -4.59. The molecular formula is C16H15F3N2O2. The van der Waals surface area contributed by atoms with Crippen LogP contribution >= 0.6 is 0 Å². The quantitative estimate of drug-likeness (QED) is 0.930. The van der Waals surface area contributed by atoms with E-state index in [1.54, 1.807) is 18.2 Å². The number of halogens is 3. The van der Waals surface area contributed by atoms with E-state index in [9.17, 15) is 18.0 Å². The van der Waals surface area contributed by atoms with Gasteiger partial charge in [0.05, 0.1) is 17.5 Å². The molecule has 0 spiro atoms. The minimum Gasteiger partial charge on any atom is -0.478 e. The normalized spacial score (nSPS) is 24.8. The number of ether oxygens (including phenoxy) is 1. The van der Waals surface area contributed by atoms with Crippen LogP contribution in [0.1, 0.15) is 24.8 Å². The zero-order valence-electron chi connectivity index (χ0n) is 12.2. The van der Waals surface area contributed by atoms with Crippen LogP contribution < -0.4 is 10.1 Å². The van der Waals surface area contributed by atoms with Crippen molar-refractivity contribution in [3.8, 4) is 11.8 Å². The van der Waals surface area contributed by atoms with Crippen LogP contribution in [0.4, 0.5) is 13.2 Å². The molecule has 0 radical (unpaired) electrons. The topological polar surface area (TPSA) is 62.1 Å². The Bertz CT molecular complexity index is 662. The highest BCUT2D eigenvalue weighted by Gasteiger charge is 2.51. The summed E-state index contributed by atoms with van der Waals surface area (Å²) < 4.78 is 44.7. The minimum absolute atomic E-state index is 0.0473. The lowest BCUT2D eigenvalue weighted by molar-refractivity contribution is -0.206. The van der Waals surface area contributed by atoms with Crippen molar-refractivity contribution in [2.75, 3.05) is 0 Å². The summed E-state index contributed by atoms with van der Waals surface area (Å²) in [5.74, 6) is -0.345. The number of alkyl halides is 3. The molecule has 2 aliphatic rings. The molecule has 2 atom stereocenters. The third-order valence-electron chi connectivity index (χ3n) is 4.29. The van der Waals surface area contributed by atoms with Crippen molar-refractivity contribution < 1.29 is 22.7 Å². The molecule has 122 valence electrons. The van der Waals surface area contributed by atoms with Crippen LogP contribution in [-0.2, 0) is 11.2 Å². The molecule has 0 unspecified atom stereocenters. The van der Waals surface area contributed by atoms with E-state index in [1.165, 1.54) is 6.07 Å². The van der Waals surface area contributed by atoms with E-state index in [1.807, 2.05) is 0 Å². The van der Waals surface area contributed by atoms with Gasteiger partial charge < -0.3 is 10.1 Å². The van der Waals surface area contributed by atoms with E-state index in [0.29, 0.717) is 18.4 Å². The molecule has 0 aromatic heterocycles. The molecule has 23 heavy (non-hydrogen) atoms. The Morgan fingerprint density at radius 2 is 2.09 bits per heavy atom. The van der Waals surface area contributed by atoms with Crippen LogP contribution in [0.15, 0.2) is 24.3 Å². The summed E-state index contributed by atoms with van der Waals surface area (Å²) >= 11 is 0. The third kappa shape index (κ3) is 3.26. The highest BCUT2D eigenvalue weighted by molar-refractivity contribution is 5.78. The first kappa shape index (κ1) is 15.7. The van der Waals surface area contributed by atoms with Gasteiger partial charge in [-0.3, -0.25) is 4.79 Å². The maximum Gasteiger partial charge on any atom is 0.427 e. The van der Waals surface area contributed by atoms with Crippen molar-refractivity contribution >= 4 is 5.91 Å². The Kier molecular flexibility index (Phi) is 3.71. The van der Waals surface area contributed by atoms with Gasteiger partial charge in [0.1, 0.15) is 5.75 Å². The summed E-state index contributed by atoms with van der Waals surface area (Å²) in [6, 6.07) is 7.36. The monoisotopic (exact) mass is 324 g/mol. The molecule has 1 heterocycles. The largest absolute Gasteiger partial charge is 0.478 e. The van der Waals surface area contributed by atoms with Gasteiger partial charge in [-0.1, -0.05) is 18.2 Å². The molecule has 1 amide bonds. The Balaban J connectivity index is 1.76. The Labute approximate surface area is 131 Å². The van der Waals surface area contributed by atoms with E-state index < -0.39 is 29.6 Å². The van der Waals surface area contributed by atoms with Gasteiger partial charge in [0.25, 0.3) is 0 Å². The van der Waals surface area contributed by atoms with Crippen LogP contribution in [0.2, 0.25) is 0 Å². The molecule has 7 heteroatoms. The fraction of sp³-hybridized carbons (Fsp3) is 0.500. The van der Waals surface area contributed by atoms with Crippen molar-refractivity contribution in [3.05, 3.63) is 29.8 Å². The first-order chi connectivity index (χ1) is 10.8. The van der Waals surface area contributed by atoms with E-state index in [4.69, 9.17) is 10.00 Å². The summed E-state index contributed by atoms with van der Waals surface area (Å²) in [6.07, 6.45) is -5.46. The molecule has 1 aliphatic carbocycles. The molecule has 0 saturated heterocycles. The third-order valence-corrected chi connectivity index (χ3v) is 4.29. The van der Waals surface area contributed by atoms with Gasteiger partial charge in [0, 0.05) is 12.8 Å². The fourth-order valence-corrected chi connectivity index (χ4v) is 2.82. The summed E-state index contributed by atoms with van der Waals surface area (Å²) in [5, 5.41) is 11.4. The van der Waals surface area contributed by atoms with Gasteiger partial charge >= 0.3 is 6.18 Å². The number of benzene rings is 1. The van der Waals surface area contributed by atoms with Crippen molar-refractivity contribution in [1.82, 2.24) is 5.32 Å². The second-order valence-corrected chi connectivity index (χ2v) is 6.13. The highest BCUT2D eigenvalue weighted by atomic mass is 19.4. The Morgan fingerprint density at radius 3 is 2.70 bits per heavy atom. The number of fused-ring (bicyclic) bond motifs is 1. The summed E-state index contributed by atoms with van der Waals surface area (Å²) in [6.45, 7) is 0. The van der Waals surface area contributed by atoms with Crippen LogP contribution in [0.3, 0.4) is 0 Å². The number of para-hydroxylation sites is 1. The lowest BCUT2D eigenvalue weighted by Gasteiger charge is -2.35. The zero-order valence-corrected chi connectivity index (χ0v) is 12.2. The maximum absolute atomic E-state index is 13.2. The second kappa shape index (κ2) is 5.44. The van der Waals surface area contributed by atoms with Gasteiger partial charge in [0.15, 0.2) is 0 Å². The average molecular weight is 324 g/mol. The fourth-order valence-electron chi connectivity index (χ4n) is 2.82. The molecule has 1 aromatic rings. The molecule has 1 aliphatic heterocycles. The number of nitriles is 1. The number of rotatable bonds is 3. The van der Waals surface area contributed by atoms with Gasteiger partial charge in [0.2, 0.25) is 12.0 Å². The first-order valence-corrected chi connectivity index (χ1v) is 7.35. The number of carbonyl (C=O) groups is 1. The lowest BCUT2D eigenvalue weighted by Crippen LogP contribution is -2.56. The van der Waals surface area contributed by atoms with Crippen molar-refractivity contribution in [2.24, 2.45) is 5.41 Å². The number of carbonyl (C=O) groups excluding carboxylic acids is 1. The Morgan fingerprint density at radius 1 is 1.39 bits per heavy atom. The van der Waals surface area contributed by atoms with E-state index in [2.05, 4.69) is 11.4 Å². The molecule has 1 N–H and O–H groups in total. The first-order valence-electron chi connectivity index (χ1n) is 7.35. The molecular weight excluding hydrogens is 309 g/mol. The number of amides is 1. The van der Waals surface area contributed by atoms with E-state index in [0.717, 1.165) is 0 Å². The van der Waals surface area contributed by atoms with Gasteiger partial charge in [-0.15, -0.1) is 0 Å². The predicted octanol–water partition coefficient (Wildman–Crippen LogP) is 2.73. The van der Waals surface area contributed by atoms with E-state index >= 15 is 0 Å². The molecule has 1 aromatic carbocycles. The van der Waals surface area contributed by atoms with E-state index in [-0.39, 0.29) is 18.6 Å². The van der Waals surface area contributed by atoms with Crippen LogP contribution in [0.5, 0.6) is 5.75 Å². The van der Waals surface area contributed by atoms with Gasteiger partial charge in [-0.25, -0.2) is 0 Å². The van der Waals surface area contributed by atoms with Crippen LogP contribution in [0.25, 0.3) is 0 Å². The Hall–Kier alpha value is -2.23. The van der Waals surface area contributed by atoms with Crippen molar-refractivity contribution in [1.29, 1.82) is 5.26 Å². The predicted molar refractivity (Wildman–Crippen MR) is 74.4 cm³/mol. The summed E-state index contributed by atoms with van der Waals surface area (Å²) in [7, 11) is 0. The van der Waals surface area contributed by atoms with Gasteiger partial charge in [-0.05, 0) is 24.5 Å². The maximum atomic E-state index is 13.2. The molecule has 1 saturated carbocycles. The number of hydrogen-bond acceptors (Lipinski definition) is 3. The number of nitrogens with one attached hydrogen (secondary N) is 1. The average Bonchev–Trinajstić information content (AvgIpc) is 3.25.